The van der Waals surface area contributed by atoms with Gasteiger partial charge in [-0.1, -0.05) is 12.1 Å². The zero-order valence-corrected chi connectivity index (χ0v) is 20.9. The van der Waals surface area contributed by atoms with Crippen LogP contribution in [-0.2, 0) is 14.3 Å². The summed E-state index contributed by atoms with van der Waals surface area (Å²) in [6.07, 6.45) is -17.5. The van der Waals surface area contributed by atoms with Crippen molar-refractivity contribution in [1.29, 1.82) is 0 Å². The summed E-state index contributed by atoms with van der Waals surface area (Å²) in [5, 5.41) is 0. The number of alkyl halides is 17. The second-order valence-electron chi connectivity index (χ2n) is 8.33. The predicted molar refractivity (Wildman–Crippen MR) is 109 cm³/mol. The summed E-state index contributed by atoms with van der Waals surface area (Å²) in [5.41, 5.74) is 0.323. The van der Waals surface area contributed by atoms with E-state index in [-0.39, 0.29) is 0 Å². The minimum Gasteiger partial charge on any atom is -0.497 e. The van der Waals surface area contributed by atoms with Crippen molar-refractivity contribution in [3.05, 3.63) is 35.9 Å². The van der Waals surface area contributed by atoms with Crippen LogP contribution < -0.4 is 4.74 Å². The Kier molecular flexibility index (Phi) is 11.1. The number of carbonyl (C=O) groups is 1. The van der Waals surface area contributed by atoms with E-state index in [2.05, 4.69) is 9.47 Å². The molecule has 0 bridgehead atoms. The number of halogens is 17. The van der Waals surface area contributed by atoms with Crippen molar-refractivity contribution in [3.8, 4) is 5.75 Å². The lowest BCUT2D eigenvalue weighted by Gasteiger charge is -2.42. The maximum absolute atomic E-state index is 13.8. The summed E-state index contributed by atoms with van der Waals surface area (Å²) in [5.74, 6) is -48.8. The molecule has 0 aliphatic carbocycles. The first kappa shape index (κ1) is 38.0. The lowest BCUT2D eigenvalue weighted by molar-refractivity contribution is -0.466. The van der Waals surface area contributed by atoms with E-state index >= 15 is 0 Å². The third kappa shape index (κ3) is 7.75. The summed E-state index contributed by atoms with van der Waals surface area (Å²) < 4.78 is 240. The first-order valence-electron chi connectivity index (χ1n) is 11.0. The topological polar surface area (TPSA) is 44.8 Å². The first-order valence-corrected chi connectivity index (χ1v) is 11.0. The monoisotopic (exact) mass is 668 g/mol. The van der Waals surface area contributed by atoms with Gasteiger partial charge < -0.3 is 14.2 Å². The molecule has 0 radical (unpaired) electrons. The van der Waals surface area contributed by atoms with Crippen LogP contribution in [0, 0.1) is 0 Å². The second kappa shape index (κ2) is 12.5. The van der Waals surface area contributed by atoms with Gasteiger partial charge in [-0.2, -0.15) is 74.6 Å². The van der Waals surface area contributed by atoms with Crippen LogP contribution in [0.25, 0.3) is 6.08 Å². The van der Waals surface area contributed by atoms with Crippen LogP contribution in [-0.4, -0.2) is 74.1 Å². The number of ether oxygens (including phenoxy) is 3. The van der Waals surface area contributed by atoms with Gasteiger partial charge in [0.1, 0.15) is 12.4 Å². The molecule has 0 unspecified atom stereocenters. The minimum atomic E-state index is -8.47. The van der Waals surface area contributed by atoms with Gasteiger partial charge >= 0.3 is 53.8 Å². The molecule has 0 aliphatic heterocycles. The molecule has 21 heteroatoms. The Bertz CT molecular complexity index is 1110. The Morgan fingerprint density at radius 3 is 1.58 bits per heavy atom. The number of hydrogen-bond donors (Lipinski definition) is 0. The quantitative estimate of drug-likeness (QED) is 0.0823. The van der Waals surface area contributed by atoms with Gasteiger partial charge in [0, 0.05) is 18.9 Å². The highest BCUT2D eigenvalue weighted by Crippen LogP contribution is 2.62. The van der Waals surface area contributed by atoms with E-state index in [9.17, 15) is 79.4 Å². The molecular formula is C22H17F17O4. The molecule has 0 amide bonds. The molecule has 0 heterocycles. The molecule has 0 spiro atoms. The highest BCUT2D eigenvalue weighted by atomic mass is 19.4. The van der Waals surface area contributed by atoms with Gasteiger partial charge in [0.05, 0.1) is 13.7 Å². The van der Waals surface area contributed by atoms with Crippen molar-refractivity contribution in [2.45, 2.75) is 60.7 Å². The van der Waals surface area contributed by atoms with Crippen molar-refractivity contribution >= 4 is 12.0 Å². The normalized spacial score (nSPS) is 14.7. The lowest BCUT2D eigenvalue weighted by Crippen LogP contribution is -2.73. The third-order valence-corrected chi connectivity index (χ3v) is 5.26. The molecular weight excluding hydrogens is 651 g/mol. The third-order valence-electron chi connectivity index (χ3n) is 5.26. The summed E-state index contributed by atoms with van der Waals surface area (Å²) in [4.78, 5) is 11.5. The van der Waals surface area contributed by atoms with Gasteiger partial charge in [-0.05, 0) is 23.8 Å². The predicted octanol–water partition coefficient (Wildman–Crippen LogP) is 8.02. The van der Waals surface area contributed by atoms with E-state index in [1.165, 1.54) is 31.4 Å². The lowest BCUT2D eigenvalue weighted by atomic mass is 9.89. The number of hydrogen-bond acceptors (Lipinski definition) is 4. The maximum atomic E-state index is 13.8. The van der Waals surface area contributed by atoms with Crippen LogP contribution in [0.2, 0.25) is 0 Å². The second-order valence-corrected chi connectivity index (χ2v) is 8.33. The van der Waals surface area contributed by atoms with E-state index in [1.807, 2.05) is 0 Å². The Hall–Kier alpha value is -3.00. The van der Waals surface area contributed by atoms with Crippen LogP contribution in [0.15, 0.2) is 30.3 Å². The van der Waals surface area contributed by atoms with Gasteiger partial charge in [0.25, 0.3) is 0 Å². The number of methoxy groups -OCH3 is 1. The SMILES string of the molecule is COc1ccc(C=CC(=O)OCCOC(F)(F)C(F)(F)C(F)(F)C(F)(F)C(F)(F)C(F)(F)C(F)(F)CCC(F)(F)F)cc1. The van der Waals surface area contributed by atoms with Gasteiger partial charge in [-0.15, -0.1) is 0 Å². The van der Waals surface area contributed by atoms with Gasteiger partial charge in [-0.3, -0.25) is 0 Å². The van der Waals surface area contributed by atoms with Gasteiger partial charge in [-0.25, -0.2) is 4.79 Å². The Balaban J connectivity index is 3.04. The molecule has 1 rings (SSSR count). The van der Waals surface area contributed by atoms with Crippen molar-refractivity contribution in [2.75, 3.05) is 20.3 Å². The molecule has 0 atom stereocenters. The number of benzene rings is 1. The standard InChI is InChI=1S/C22H17F17O4/c1-41-13-5-2-12(3-6-13)4-7-14(40)42-10-11-43-22(38,39)21(36,37)20(34,35)19(32,33)18(30,31)17(28,29)15(23,24)8-9-16(25,26)27/h2-7H,8-11H2,1H3. The molecule has 0 N–H and O–H groups in total. The molecule has 43 heavy (non-hydrogen) atoms. The fourth-order valence-electron chi connectivity index (χ4n) is 2.79. The molecule has 0 saturated heterocycles. The number of esters is 1. The van der Waals surface area contributed by atoms with Crippen LogP contribution in [0.5, 0.6) is 5.75 Å². The fourth-order valence-corrected chi connectivity index (χ4v) is 2.79. The van der Waals surface area contributed by atoms with E-state index in [4.69, 9.17) is 4.74 Å². The number of rotatable bonds is 15. The van der Waals surface area contributed by atoms with E-state index in [1.54, 1.807) is 0 Å². The van der Waals surface area contributed by atoms with Gasteiger partial charge in [0.15, 0.2) is 0 Å². The maximum Gasteiger partial charge on any atom is 0.426 e. The largest absolute Gasteiger partial charge is 0.497 e. The van der Waals surface area contributed by atoms with Crippen LogP contribution in [0.1, 0.15) is 18.4 Å². The van der Waals surface area contributed by atoms with Crippen molar-refractivity contribution in [2.24, 2.45) is 0 Å². The van der Waals surface area contributed by atoms with Crippen molar-refractivity contribution in [1.82, 2.24) is 0 Å². The fraction of sp³-hybridized carbons (Fsp3) is 0.591. The zero-order valence-electron chi connectivity index (χ0n) is 20.9. The summed E-state index contributed by atoms with van der Waals surface area (Å²) in [7, 11) is 1.33. The molecule has 0 fully saturated rings. The molecule has 248 valence electrons. The molecule has 0 saturated carbocycles. The van der Waals surface area contributed by atoms with Crippen LogP contribution >= 0.6 is 0 Å². The van der Waals surface area contributed by atoms with Crippen LogP contribution in [0.4, 0.5) is 74.6 Å². The zero-order chi connectivity index (χ0) is 33.9. The van der Waals surface area contributed by atoms with Crippen molar-refractivity contribution in [3.63, 3.8) is 0 Å². The Morgan fingerprint density at radius 1 is 0.651 bits per heavy atom. The van der Waals surface area contributed by atoms with Crippen LogP contribution in [0.3, 0.4) is 0 Å². The average molecular weight is 668 g/mol. The van der Waals surface area contributed by atoms with E-state index in [0.29, 0.717) is 17.4 Å². The Morgan fingerprint density at radius 2 is 1.12 bits per heavy atom. The first-order chi connectivity index (χ1) is 19.1. The Labute approximate surface area is 229 Å². The average Bonchev–Trinajstić information content (AvgIpc) is 2.88. The van der Waals surface area contributed by atoms with Gasteiger partial charge in [0.2, 0.25) is 0 Å². The molecule has 4 nitrogen and oxygen atoms in total. The van der Waals surface area contributed by atoms with Crippen molar-refractivity contribution < 1.29 is 93.6 Å². The highest BCUT2D eigenvalue weighted by molar-refractivity contribution is 5.87. The molecule has 0 aliphatic rings. The summed E-state index contributed by atoms with van der Waals surface area (Å²) in [6, 6.07) is 5.65. The molecule has 1 aromatic rings. The smallest absolute Gasteiger partial charge is 0.426 e. The van der Waals surface area contributed by atoms with E-state index in [0.717, 1.165) is 6.08 Å². The molecule has 1 aromatic carbocycles. The summed E-state index contributed by atoms with van der Waals surface area (Å²) in [6.45, 7) is -3.53. The number of carbonyl (C=O) groups excluding carboxylic acids is 1. The summed E-state index contributed by atoms with van der Waals surface area (Å²) >= 11 is 0. The molecule has 0 aromatic heterocycles. The highest BCUT2D eigenvalue weighted by Gasteiger charge is 2.93. The van der Waals surface area contributed by atoms with E-state index < -0.39 is 79.8 Å². The minimum absolute atomic E-state index is 0.323.